The van der Waals surface area contributed by atoms with Gasteiger partial charge >= 0.3 is 0 Å². The summed E-state index contributed by atoms with van der Waals surface area (Å²) >= 11 is 0. The molecule has 0 fully saturated rings. The van der Waals surface area contributed by atoms with Crippen LogP contribution in [0.5, 0.6) is 11.5 Å². The normalized spacial score (nSPS) is 10.9. The van der Waals surface area contributed by atoms with Gasteiger partial charge in [0.15, 0.2) is 11.5 Å². The lowest BCUT2D eigenvalue weighted by atomic mass is 10.1. The number of nitrogens with one attached hydrogen (secondary N) is 1. The second-order valence-electron chi connectivity index (χ2n) is 6.60. The Kier molecular flexibility index (Phi) is 6.29. The van der Waals surface area contributed by atoms with Crippen LogP contribution in [0.25, 0.3) is 0 Å². The molecule has 0 atom stereocenters. The Hall–Kier alpha value is -3.61. The summed E-state index contributed by atoms with van der Waals surface area (Å²) in [6, 6.07) is 14.8. The minimum atomic E-state index is -0.278. The second kappa shape index (κ2) is 9.05. The number of aryl methyl sites for hydroxylation is 2. The van der Waals surface area contributed by atoms with Crippen LogP contribution in [-0.2, 0) is 6.54 Å². The van der Waals surface area contributed by atoms with E-state index in [4.69, 9.17) is 9.47 Å². The fourth-order valence-corrected chi connectivity index (χ4v) is 2.93. The van der Waals surface area contributed by atoms with Crippen LogP contribution >= 0.6 is 0 Å². The first kappa shape index (κ1) is 20.1. The molecule has 0 spiro atoms. The first-order valence-corrected chi connectivity index (χ1v) is 9.15. The molecule has 1 amide bonds. The minimum Gasteiger partial charge on any atom is -0.493 e. The largest absolute Gasteiger partial charge is 0.493 e. The van der Waals surface area contributed by atoms with Crippen molar-refractivity contribution in [2.45, 2.75) is 20.4 Å². The van der Waals surface area contributed by atoms with Gasteiger partial charge in [-0.1, -0.05) is 12.1 Å². The number of ether oxygens (including phenoxy) is 2. The topological polar surface area (TPSA) is 77.7 Å². The van der Waals surface area contributed by atoms with Crippen LogP contribution in [0.4, 0.5) is 0 Å². The number of aromatic nitrogens is 2. The van der Waals surface area contributed by atoms with E-state index in [-0.39, 0.29) is 5.91 Å². The molecular weight excluding hydrogens is 368 g/mol. The Labute approximate surface area is 170 Å². The molecule has 150 valence electrons. The number of benzene rings is 2. The number of hydrogen-bond donors (Lipinski definition) is 1. The highest BCUT2D eigenvalue weighted by Gasteiger charge is 2.07. The molecule has 0 radical (unpaired) electrons. The van der Waals surface area contributed by atoms with Crippen LogP contribution in [0, 0.1) is 13.8 Å². The summed E-state index contributed by atoms with van der Waals surface area (Å²) < 4.78 is 12.4. The SMILES string of the molecule is COc1ccc(C=NNC(=O)c2ccc(Cn3nc(C)cc3C)cc2)cc1OC. The minimum absolute atomic E-state index is 0.278. The lowest BCUT2D eigenvalue weighted by Gasteiger charge is -2.07. The predicted octanol–water partition coefficient (Wildman–Crippen LogP) is 3.33. The summed E-state index contributed by atoms with van der Waals surface area (Å²) in [5.41, 5.74) is 7.02. The van der Waals surface area contributed by atoms with Gasteiger partial charge in [-0.25, -0.2) is 5.43 Å². The van der Waals surface area contributed by atoms with Crippen molar-refractivity contribution in [3.8, 4) is 11.5 Å². The van der Waals surface area contributed by atoms with Crippen molar-refractivity contribution in [2.24, 2.45) is 5.10 Å². The van der Waals surface area contributed by atoms with Gasteiger partial charge in [-0.3, -0.25) is 9.48 Å². The maximum absolute atomic E-state index is 12.3. The van der Waals surface area contributed by atoms with Crippen molar-refractivity contribution >= 4 is 12.1 Å². The van der Waals surface area contributed by atoms with E-state index in [2.05, 4.69) is 15.6 Å². The maximum atomic E-state index is 12.3. The molecule has 2 aromatic carbocycles. The van der Waals surface area contributed by atoms with Crippen LogP contribution in [0.15, 0.2) is 53.6 Å². The van der Waals surface area contributed by atoms with Gasteiger partial charge in [0.25, 0.3) is 5.91 Å². The molecule has 0 unspecified atom stereocenters. The van der Waals surface area contributed by atoms with E-state index in [9.17, 15) is 4.79 Å². The van der Waals surface area contributed by atoms with Crippen LogP contribution in [0.2, 0.25) is 0 Å². The van der Waals surface area contributed by atoms with Gasteiger partial charge in [-0.15, -0.1) is 0 Å². The molecule has 0 aliphatic heterocycles. The van der Waals surface area contributed by atoms with Crippen molar-refractivity contribution in [1.29, 1.82) is 0 Å². The molecule has 7 nitrogen and oxygen atoms in total. The van der Waals surface area contributed by atoms with Gasteiger partial charge in [0.2, 0.25) is 0 Å². The fraction of sp³-hybridized carbons (Fsp3) is 0.227. The highest BCUT2D eigenvalue weighted by Crippen LogP contribution is 2.26. The molecule has 3 aromatic rings. The van der Waals surface area contributed by atoms with Gasteiger partial charge in [0.05, 0.1) is 32.7 Å². The van der Waals surface area contributed by atoms with Gasteiger partial charge in [0, 0.05) is 11.3 Å². The highest BCUT2D eigenvalue weighted by molar-refractivity contribution is 5.94. The first-order valence-electron chi connectivity index (χ1n) is 9.15. The Morgan fingerprint density at radius 1 is 1.07 bits per heavy atom. The van der Waals surface area contributed by atoms with Gasteiger partial charge < -0.3 is 9.47 Å². The zero-order chi connectivity index (χ0) is 20.8. The molecule has 0 saturated carbocycles. The number of hydrogen-bond acceptors (Lipinski definition) is 5. The van der Waals surface area contributed by atoms with Gasteiger partial charge in [-0.2, -0.15) is 10.2 Å². The van der Waals surface area contributed by atoms with Crippen molar-refractivity contribution in [1.82, 2.24) is 15.2 Å². The Bertz CT molecular complexity index is 1020. The monoisotopic (exact) mass is 392 g/mol. The van der Waals surface area contributed by atoms with Crippen LogP contribution in [0.1, 0.15) is 32.9 Å². The van der Waals surface area contributed by atoms with E-state index >= 15 is 0 Å². The molecule has 0 bridgehead atoms. The zero-order valence-electron chi connectivity index (χ0n) is 17.0. The van der Waals surface area contributed by atoms with Crippen molar-refractivity contribution in [3.63, 3.8) is 0 Å². The third-order valence-corrected chi connectivity index (χ3v) is 4.44. The molecular formula is C22H24N4O3. The predicted molar refractivity (Wildman–Crippen MR) is 112 cm³/mol. The maximum Gasteiger partial charge on any atom is 0.271 e. The van der Waals surface area contributed by atoms with Crippen molar-refractivity contribution < 1.29 is 14.3 Å². The summed E-state index contributed by atoms with van der Waals surface area (Å²) in [6.45, 7) is 4.66. The molecule has 1 N–H and O–H groups in total. The second-order valence-corrected chi connectivity index (χ2v) is 6.60. The van der Waals surface area contributed by atoms with Crippen LogP contribution in [-0.4, -0.2) is 36.1 Å². The summed E-state index contributed by atoms with van der Waals surface area (Å²) in [7, 11) is 3.15. The average molecular weight is 392 g/mol. The first-order chi connectivity index (χ1) is 14.0. The molecule has 0 aliphatic carbocycles. The Balaban J connectivity index is 1.61. The number of nitrogens with zero attached hydrogens (tertiary/aromatic N) is 3. The Morgan fingerprint density at radius 2 is 1.79 bits per heavy atom. The van der Waals surface area contributed by atoms with E-state index in [0.717, 1.165) is 22.5 Å². The molecule has 3 rings (SSSR count). The number of rotatable bonds is 7. The zero-order valence-corrected chi connectivity index (χ0v) is 17.0. The molecule has 7 heteroatoms. The summed E-state index contributed by atoms with van der Waals surface area (Å²) in [6.07, 6.45) is 1.55. The molecule has 1 heterocycles. The number of methoxy groups -OCH3 is 2. The van der Waals surface area contributed by atoms with E-state index in [1.54, 1.807) is 44.7 Å². The van der Waals surface area contributed by atoms with E-state index in [0.29, 0.717) is 23.6 Å². The number of amides is 1. The standard InChI is InChI=1S/C22H24N4O3/c1-15-11-16(2)26(25-15)14-17-5-8-19(9-6-17)22(27)24-23-13-18-7-10-20(28-3)21(12-18)29-4/h5-13H,14H2,1-4H3,(H,24,27). The molecule has 29 heavy (non-hydrogen) atoms. The highest BCUT2D eigenvalue weighted by atomic mass is 16.5. The third kappa shape index (κ3) is 5.01. The van der Waals surface area contributed by atoms with Crippen molar-refractivity contribution in [3.05, 3.63) is 76.6 Å². The number of carbonyl (C=O) groups is 1. The lowest BCUT2D eigenvalue weighted by Crippen LogP contribution is -2.17. The Morgan fingerprint density at radius 3 is 2.41 bits per heavy atom. The van der Waals surface area contributed by atoms with Crippen LogP contribution < -0.4 is 14.9 Å². The van der Waals surface area contributed by atoms with E-state index in [1.807, 2.05) is 42.8 Å². The van der Waals surface area contributed by atoms with E-state index in [1.165, 1.54) is 0 Å². The quantitative estimate of drug-likeness (QED) is 0.494. The van der Waals surface area contributed by atoms with E-state index < -0.39 is 0 Å². The van der Waals surface area contributed by atoms with Gasteiger partial charge in [-0.05, 0) is 61.4 Å². The van der Waals surface area contributed by atoms with Gasteiger partial charge in [0.1, 0.15) is 0 Å². The fourth-order valence-electron chi connectivity index (χ4n) is 2.93. The molecule has 0 aliphatic rings. The average Bonchev–Trinajstić information content (AvgIpc) is 3.04. The summed E-state index contributed by atoms with van der Waals surface area (Å²) in [5.74, 6) is 0.953. The smallest absolute Gasteiger partial charge is 0.271 e. The number of carbonyl (C=O) groups excluding carboxylic acids is 1. The number of hydrazone groups is 1. The molecule has 1 aromatic heterocycles. The third-order valence-electron chi connectivity index (χ3n) is 4.44. The van der Waals surface area contributed by atoms with Crippen molar-refractivity contribution in [2.75, 3.05) is 14.2 Å². The summed E-state index contributed by atoms with van der Waals surface area (Å²) in [5, 5.41) is 8.48. The lowest BCUT2D eigenvalue weighted by molar-refractivity contribution is 0.0955. The summed E-state index contributed by atoms with van der Waals surface area (Å²) in [4.78, 5) is 12.3. The molecule has 0 saturated heterocycles. The van der Waals surface area contributed by atoms with Crippen LogP contribution in [0.3, 0.4) is 0 Å².